The molecule has 0 saturated carbocycles. The fourth-order valence-electron chi connectivity index (χ4n) is 3.33. The Balaban J connectivity index is 1.49. The third-order valence-corrected chi connectivity index (χ3v) is 5.09. The Morgan fingerprint density at radius 1 is 1.06 bits per heavy atom. The molecule has 0 aliphatic carbocycles. The van der Waals surface area contributed by atoms with Gasteiger partial charge in [0, 0.05) is 38.6 Å². The minimum absolute atomic E-state index is 0.311. The molecule has 1 fully saturated rings. The van der Waals surface area contributed by atoms with E-state index in [4.69, 9.17) is 18.9 Å². The van der Waals surface area contributed by atoms with Crippen LogP contribution in [-0.4, -0.2) is 46.0 Å². The van der Waals surface area contributed by atoms with Gasteiger partial charge in [0.25, 0.3) is 0 Å². The molecule has 3 rings (SSSR count). The highest BCUT2D eigenvalue weighted by Gasteiger charge is 2.14. The van der Waals surface area contributed by atoms with Crippen LogP contribution in [0.15, 0.2) is 47.5 Å². The molecular weight excluding hydrogens is 394 g/mol. The Hall–Kier alpha value is -2.77. The van der Waals surface area contributed by atoms with Crippen LogP contribution in [0, 0.1) is 0 Å². The maximum atomic E-state index is 5.99. The van der Waals surface area contributed by atoms with Gasteiger partial charge in [-0.05, 0) is 43.0 Å². The number of rotatable bonds is 9. The Bertz CT molecular complexity index is 833. The van der Waals surface area contributed by atoms with Gasteiger partial charge in [-0.25, -0.2) is 0 Å². The summed E-state index contributed by atoms with van der Waals surface area (Å²) in [5, 5.41) is 6.62. The zero-order valence-corrected chi connectivity index (χ0v) is 18.6. The van der Waals surface area contributed by atoms with Crippen molar-refractivity contribution in [1.82, 2.24) is 5.32 Å². The molecule has 0 amide bonds. The first-order valence-corrected chi connectivity index (χ1v) is 10.8. The highest BCUT2D eigenvalue weighted by atomic mass is 16.5. The highest BCUT2D eigenvalue weighted by Crippen LogP contribution is 2.30. The summed E-state index contributed by atoms with van der Waals surface area (Å²) in [5.74, 6) is 2.08. The van der Waals surface area contributed by atoms with Crippen LogP contribution in [0.1, 0.15) is 30.9 Å². The summed E-state index contributed by atoms with van der Waals surface area (Å²) in [7, 11) is 3.38. The summed E-state index contributed by atoms with van der Waals surface area (Å²) in [6, 6.07) is 14.2. The number of aliphatic imine (C=N–C) groups is 1. The Morgan fingerprint density at radius 3 is 2.48 bits per heavy atom. The van der Waals surface area contributed by atoms with E-state index in [-0.39, 0.29) is 0 Å². The van der Waals surface area contributed by atoms with Crippen LogP contribution in [0.2, 0.25) is 0 Å². The topological polar surface area (TPSA) is 73.3 Å². The quantitative estimate of drug-likeness (QED) is 0.466. The summed E-state index contributed by atoms with van der Waals surface area (Å²) >= 11 is 0. The molecule has 0 bridgehead atoms. The van der Waals surface area contributed by atoms with Crippen molar-refractivity contribution < 1.29 is 18.9 Å². The van der Waals surface area contributed by atoms with Crippen LogP contribution in [0.3, 0.4) is 0 Å². The first-order valence-electron chi connectivity index (χ1n) is 10.8. The standard InChI is InChI=1S/C24H33N3O4/c1-4-30-22-10-9-20(15-23(22)28-3)27-24(25-2)26-16-18-5-7-19(8-6-18)17-31-21-11-13-29-14-12-21/h5-10,15,21H,4,11-14,16-17H2,1-3H3,(H2,25,26,27). The summed E-state index contributed by atoms with van der Waals surface area (Å²) in [5.41, 5.74) is 3.22. The van der Waals surface area contributed by atoms with E-state index in [9.17, 15) is 0 Å². The predicted molar refractivity (Wildman–Crippen MR) is 123 cm³/mol. The van der Waals surface area contributed by atoms with Gasteiger partial charge in [-0.3, -0.25) is 4.99 Å². The predicted octanol–water partition coefficient (Wildman–Crippen LogP) is 3.98. The third kappa shape index (κ3) is 7.15. The zero-order valence-electron chi connectivity index (χ0n) is 18.6. The molecule has 1 aliphatic heterocycles. The average Bonchev–Trinajstić information content (AvgIpc) is 2.82. The fourth-order valence-corrected chi connectivity index (χ4v) is 3.33. The van der Waals surface area contributed by atoms with Crippen molar-refractivity contribution in [2.75, 3.05) is 39.3 Å². The van der Waals surface area contributed by atoms with Gasteiger partial charge in [-0.15, -0.1) is 0 Å². The maximum absolute atomic E-state index is 5.99. The van der Waals surface area contributed by atoms with Gasteiger partial charge in [0.1, 0.15) is 0 Å². The van der Waals surface area contributed by atoms with E-state index in [1.54, 1.807) is 14.2 Å². The molecular formula is C24H33N3O4. The molecule has 0 unspecified atom stereocenters. The van der Waals surface area contributed by atoms with Crippen LogP contribution in [0.25, 0.3) is 0 Å². The number of nitrogens with one attached hydrogen (secondary N) is 2. The lowest BCUT2D eigenvalue weighted by Crippen LogP contribution is -2.30. The Kier molecular flexibility index (Phi) is 8.99. The molecule has 2 N–H and O–H groups in total. The van der Waals surface area contributed by atoms with Crippen LogP contribution in [-0.2, 0) is 22.6 Å². The van der Waals surface area contributed by atoms with E-state index in [0.29, 0.717) is 37.6 Å². The number of benzene rings is 2. The van der Waals surface area contributed by atoms with Crippen molar-refractivity contribution in [3.63, 3.8) is 0 Å². The molecule has 7 nitrogen and oxygen atoms in total. The molecule has 0 aromatic heterocycles. The number of ether oxygens (including phenoxy) is 4. The normalized spacial score (nSPS) is 14.9. The van der Waals surface area contributed by atoms with Crippen molar-refractivity contribution in [2.45, 2.75) is 39.0 Å². The second-order valence-electron chi connectivity index (χ2n) is 7.29. The second kappa shape index (κ2) is 12.2. The van der Waals surface area contributed by atoms with Gasteiger partial charge >= 0.3 is 0 Å². The fraction of sp³-hybridized carbons (Fsp3) is 0.458. The SMILES string of the molecule is CCOc1ccc(NC(=NC)NCc2ccc(COC3CCOCC3)cc2)cc1OC. The first-order chi connectivity index (χ1) is 15.2. The zero-order chi connectivity index (χ0) is 21.9. The van der Waals surface area contributed by atoms with Gasteiger partial charge in [0.15, 0.2) is 17.5 Å². The second-order valence-corrected chi connectivity index (χ2v) is 7.29. The molecule has 0 atom stereocenters. The summed E-state index contributed by atoms with van der Waals surface area (Å²) < 4.78 is 22.3. The Morgan fingerprint density at radius 2 is 1.81 bits per heavy atom. The minimum Gasteiger partial charge on any atom is -0.493 e. The lowest BCUT2D eigenvalue weighted by molar-refractivity contribution is -0.0390. The lowest BCUT2D eigenvalue weighted by Gasteiger charge is -2.22. The average molecular weight is 428 g/mol. The van der Waals surface area contributed by atoms with Crippen molar-refractivity contribution in [3.05, 3.63) is 53.6 Å². The molecule has 2 aromatic rings. The molecule has 168 valence electrons. The monoisotopic (exact) mass is 427 g/mol. The lowest BCUT2D eigenvalue weighted by atomic mass is 10.1. The number of hydrogen-bond donors (Lipinski definition) is 2. The molecule has 1 saturated heterocycles. The highest BCUT2D eigenvalue weighted by molar-refractivity contribution is 5.93. The van der Waals surface area contributed by atoms with Crippen molar-refractivity contribution in [1.29, 1.82) is 0 Å². The van der Waals surface area contributed by atoms with Crippen LogP contribution in [0.4, 0.5) is 5.69 Å². The van der Waals surface area contributed by atoms with Gasteiger partial charge in [0.2, 0.25) is 0 Å². The van der Waals surface area contributed by atoms with E-state index >= 15 is 0 Å². The number of guanidine groups is 1. The molecule has 2 aromatic carbocycles. The minimum atomic E-state index is 0.311. The van der Waals surface area contributed by atoms with Crippen molar-refractivity contribution in [2.24, 2.45) is 4.99 Å². The molecule has 1 aliphatic rings. The number of nitrogens with zero attached hydrogens (tertiary/aromatic N) is 1. The smallest absolute Gasteiger partial charge is 0.195 e. The molecule has 7 heteroatoms. The molecule has 0 radical (unpaired) electrons. The molecule has 1 heterocycles. The van der Waals surface area contributed by atoms with Gasteiger partial charge in [-0.1, -0.05) is 24.3 Å². The van der Waals surface area contributed by atoms with Crippen LogP contribution < -0.4 is 20.1 Å². The van der Waals surface area contributed by atoms with E-state index in [0.717, 1.165) is 37.5 Å². The summed E-state index contributed by atoms with van der Waals surface area (Å²) in [6.07, 6.45) is 2.27. The number of anilines is 1. The van der Waals surface area contributed by atoms with Gasteiger partial charge < -0.3 is 29.6 Å². The van der Waals surface area contributed by atoms with E-state index in [1.807, 2.05) is 25.1 Å². The van der Waals surface area contributed by atoms with Gasteiger partial charge in [-0.2, -0.15) is 0 Å². The molecule has 0 spiro atoms. The van der Waals surface area contributed by atoms with Gasteiger partial charge in [0.05, 0.1) is 26.4 Å². The summed E-state index contributed by atoms with van der Waals surface area (Å²) in [6.45, 7) is 5.44. The summed E-state index contributed by atoms with van der Waals surface area (Å²) in [4.78, 5) is 4.30. The van der Waals surface area contributed by atoms with Crippen LogP contribution >= 0.6 is 0 Å². The molecule has 31 heavy (non-hydrogen) atoms. The first kappa shape index (κ1) is 22.9. The van der Waals surface area contributed by atoms with Crippen molar-refractivity contribution in [3.8, 4) is 11.5 Å². The van der Waals surface area contributed by atoms with E-state index < -0.39 is 0 Å². The Labute approximate surface area is 184 Å². The largest absolute Gasteiger partial charge is 0.493 e. The van der Waals surface area contributed by atoms with E-state index in [1.165, 1.54) is 11.1 Å². The van der Waals surface area contributed by atoms with E-state index in [2.05, 4.69) is 39.9 Å². The number of hydrogen-bond acceptors (Lipinski definition) is 5. The van der Waals surface area contributed by atoms with Crippen molar-refractivity contribution >= 4 is 11.6 Å². The third-order valence-electron chi connectivity index (χ3n) is 5.09. The number of methoxy groups -OCH3 is 1. The maximum Gasteiger partial charge on any atom is 0.195 e. The van der Waals surface area contributed by atoms with Crippen LogP contribution in [0.5, 0.6) is 11.5 Å².